The lowest BCUT2D eigenvalue weighted by molar-refractivity contribution is -0.142. The molecule has 4 rings (SSSR count). The van der Waals surface area contributed by atoms with E-state index in [0.29, 0.717) is 23.0 Å². The molecule has 0 aliphatic rings. The fourth-order valence-corrected chi connectivity index (χ4v) is 4.11. The Morgan fingerprint density at radius 3 is 2.39 bits per heavy atom. The summed E-state index contributed by atoms with van der Waals surface area (Å²) in [6, 6.07) is 20.8. The molecule has 0 fully saturated rings. The molecule has 2 aromatic heterocycles. The van der Waals surface area contributed by atoms with Gasteiger partial charge in [-0.2, -0.15) is 0 Å². The quantitative estimate of drug-likeness (QED) is 0.420. The smallest absolute Gasteiger partial charge is 0.311 e. The van der Waals surface area contributed by atoms with E-state index in [0.717, 1.165) is 16.1 Å². The molecule has 7 heteroatoms. The molecule has 0 spiro atoms. The van der Waals surface area contributed by atoms with Gasteiger partial charge in [-0.1, -0.05) is 30.3 Å². The molecule has 2 heterocycles. The van der Waals surface area contributed by atoms with Crippen LogP contribution in [0.25, 0.3) is 16.9 Å². The van der Waals surface area contributed by atoms with Crippen LogP contribution in [0.4, 0.5) is 5.13 Å². The highest BCUT2D eigenvalue weighted by atomic mass is 32.1. The first-order valence-corrected chi connectivity index (χ1v) is 10.7. The van der Waals surface area contributed by atoms with Gasteiger partial charge in [-0.25, -0.2) is 4.98 Å². The van der Waals surface area contributed by atoms with Gasteiger partial charge in [0.25, 0.3) is 5.91 Å². The molecule has 6 nitrogen and oxygen atoms in total. The van der Waals surface area contributed by atoms with Crippen molar-refractivity contribution in [3.05, 3.63) is 89.6 Å². The summed E-state index contributed by atoms with van der Waals surface area (Å²) in [5.74, 6) is -0.572. The Kier molecular flexibility index (Phi) is 6.24. The van der Waals surface area contributed by atoms with Crippen LogP contribution >= 0.6 is 11.3 Å². The summed E-state index contributed by atoms with van der Waals surface area (Å²) >= 11 is 1.28. The molecule has 31 heavy (non-hydrogen) atoms. The summed E-state index contributed by atoms with van der Waals surface area (Å²) in [6.45, 7) is 2.09. The summed E-state index contributed by atoms with van der Waals surface area (Å²) in [7, 11) is 0. The normalized spacial score (nSPS) is 10.6. The summed E-state index contributed by atoms with van der Waals surface area (Å²) in [6.07, 6.45) is 4.00. The third kappa shape index (κ3) is 4.90. The van der Waals surface area contributed by atoms with Gasteiger partial charge in [-0.3, -0.25) is 14.9 Å². The summed E-state index contributed by atoms with van der Waals surface area (Å²) in [5.41, 5.74) is 3.06. The fraction of sp³-hybridized carbons (Fsp3) is 0.125. The van der Waals surface area contributed by atoms with Crippen molar-refractivity contribution in [2.45, 2.75) is 13.3 Å². The van der Waals surface area contributed by atoms with Gasteiger partial charge < -0.3 is 9.30 Å². The van der Waals surface area contributed by atoms with Crippen LogP contribution in [0.2, 0.25) is 0 Å². The Hall–Kier alpha value is -3.71. The van der Waals surface area contributed by atoms with Crippen molar-refractivity contribution in [2.75, 3.05) is 11.9 Å². The molecular formula is C24H21N3O3S. The van der Waals surface area contributed by atoms with Crippen LogP contribution in [0.15, 0.2) is 79.1 Å². The van der Waals surface area contributed by atoms with Gasteiger partial charge in [0, 0.05) is 34.1 Å². The van der Waals surface area contributed by atoms with Crippen LogP contribution in [-0.2, 0) is 16.0 Å². The van der Waals surface area contributed by atoms with Crippen LogP contribution in [0.5, 0.6) is 0 Å². The van der Waals surface area contributed by atoms with E-state index in [1.807, 2.05) is 71.6 Å². The number of benzene rings is 2. The second-order valence-electron chi connectivity index (χ2n) is 6.73. The number of esters is 1. The van der Waals surface area contributed by atoms with Crippen LogP contribution in [0, 0.1) is 0 Å². The van der Waals surface area contributed by atoms with E-state index >= 15 is 0 Å². The lowest BCUT2D eigenvalue weighted by atomic mass is 10.1. The highest BCUT2D eigenvalue weighted by Crippen LogP contribution is 2.32. The average molecular weight is 432 g/mol. The van der Waals surface area contributed by atoms with E-state index < -0.39 is 0 Å². The van der Waals surface area contributed by atoms with Crippen molar-refractivity contribution < 1.29 is 14.3 Å². The van der Waals surface area contributed by atoms with Gasteiger partial charge in [-0.05, 0) is 43.3 Å². The number of nitrogens with one attached hydrogen (secondary N) is 1. The molecule has 0 unspecified atom stereocenters. The zero-order chi connectivity index (χ0) is 21.6. The summed E-state index contributed by atoms with van der Waals surface area (Å²) in [5, 5.41) is 3.30. The van der Waals surface area contributed by atoms with E-state index in [1.54, 1.807) is 19.1 Å². The monoisotopic (exact) mass is 431 g/mol. The summed E-state index contributed by atoms with van der Waals surface area (Å²) in [4.78, 5) is 30.1. The minimum atomic E-state index is -0.318. The van der Waals surface area contributed by atoms with Crippen molar-refractivity contribution in [1.82, 2.24) is 9.55 Å². The Morgan fingerprint density at radius 2 is 1.71 bits per heavy atom. The van der Waals surface area contributed by atoms with E-state index in [2.05, 4.69) is 10.3 Å². The van der Waals surface area contributed by atoms with Crippen LogP contribution < -0.4 is 5.32 Å². The predicted octanol–water partition coefficient (Wildman–Crippen LogP) is 4.96. The topological polar surface area (TPSA) is 73.2 Å². The highest BCUT2D eigenvalue weighted by molar-refractivity contribution is 7.16. The SMILES string of the molecule is CCOC(=O)Cc1sc(NC(=O)c2ccc(-n3cccc3)cc2)nc1-c1ccccc1. The highest BCUT2D eigenvalue weighted by Gasteiger charge is 2.18. The van der Waals surface area contributed by atoms with Crippen molar-refractivity contribution >= 4 is 28.3 Å². The molecule has 156 valence electrons. The van der Waals surface area contributed by atoms with E-state index in [1.165, 1.54) is 11.3 Å². The number of carbonyl (C=O) groups is 2. The first kappa shape index (κ1) is 20.6. The zero-order valence-electron chi connectivity index (χ0n) is 16.9. The number of carbonyl (C=O) groups excluding carboxylic acids is 2. The molecule has 1 amide bonds. The maximum Gasteiger partial charge on any atom is 0.311 e. The molecule has 2 aromatic carbocycles. The molecule has 0 radical (unpaired) electrons. The van der Waals surface area contributed by atoms with Crippen molar-refractivity contribution in [1.29, 1.82) is 0 Å². The summed E-state index contributed by atoms with van der Waals surface area (Å²) < 4.78 is 7.06. The van der Waals surface area contributed by atoms with Crippen molar-refractivity contribution in [2.24, 2.45) is 0 Å². The largest absolute Gasteiger partial charge is 0.466 e. The van der Waals surface area contributed by atoms with Crippen molar-refractivity contribution in [3.63, 3.8) is 0 Å². The van der Waals surface area contributed by atoms with E-state index in [4.69, 9.17) is 4.74 Å². The Bertz CT molecular complexity index is 1170. The van der Waals surface area contributed by atoms with Gasteiger partial charge in [0.15, 0.2) is 5.13 Å². The van der Waals surface area contributed by atoms with Gasteiger partial charge in [0.05, 0.1) is 18.7 Å². The van der Waals surface area contributed by atoms with Crippen molar-refractivity contribution in [3.8, 4) is 16.9 Å². The zero-order valence-corrected chi connectivity index (χ0v) is 17.8. The second-order valence-corrected chi connectivity index (χ2v) is 7.81. The van der Waals surface area contributed by atoms with Gasteiger partial charge in [0.2, 0.25) is 0 Å². The molecular weight excluding hydrogens is 410 g/mol. The number of hydrogen-bond acceptors (Lipinski definition) is 5. The third-order valence-corrected chi connectivity index (χ3v) is 5.58. The van der Waals surface area contributed by atoms with Gasteiger partial charge >= 0.3 is 5.97 Å². The minimum Gasteiger partial charge on any atom is -0.466 e. The number of rotatable bonds is 7. The Balaban J connectivity index is 1.55. The van der Waals surface area contributed by atoms with Crippen LogP contribution in [0.1, 0.15) is 22.2 Å². The molecule has 0 bridgehead atoms. The molecule has 0 saturated carbocycles. The number of anilines is 1. The number of aromatic nitrogens is 2. The Labute approximate surface area is 184 Å². The average Bonchev–Trinajstić information content (AvgIpc) is 3.45. The lowest BCUT2D eigenvalue weighted by Gasteiger charge is -2.05. The molecule has 0 saturated heterocycles. The Morgan fingerprint density at radius 1 is 1.00 bits per heavy atom. The number of hydrogen-bond donors (Lipinski definition) is 1. The molecule has 0 aliphatic heterocycles. The van der Waals surface area contributed by atoms with Crippen LogP contribution in [-0.4, -0.2) is 28.0 Å². The first-order valence-electron chi connectivity index (χ1n) is 9.89. The first-order chi connectivity index (χ1) is 15.1. The second kappa shape index (κ2) is 9.40. The molecule has 4 aromatic rings. The fourth-order valence-electron chi connectivity index (χ4n) is 3.15. The minimum absolute atomic E-state index is 0.108. The number of nitrogens with zero attached hydrogens (tertiary/aromatic N) is 2. The third-order valence-electron chi connectivity index (χ3n) is 4.61. The molecule has 0 aliphatic carbocycles. The maximum atomic E-state index is 12.8. The van der Waals surface area contributed by atoms with Crippen LogP contribution in [0.3, 0.4) is 0 Å². The lowest BCUT2D eigenvalue weighted by Crippen LogP contribution is -2.11. The predicted molar refractivity (Wildman–Crippen MR) is 122 cm³/mol. The standard InChI is InChI=1S/C24H21N3O3S/c1-2-30-21(28)16-20-22(17-8-4-3-5-9-17)25-24(31-20)26-23(29)18-10-12-19(13-11-18)27-14-6-7-15-27/h3-15H,2,16H2,1H3,(H,25,26,29). The van der Waals surface area contributed by atoms with E-state index in [-0.39, 0.29) is 18.3 Å². The molecule has 0 atom stereocenters. The number of thiazole rings is 1. The van der Waals surface area contributed by atoms with Gasteiger partial charge in [0.1, 0.15) is 0 Å². The number of ether oxygens (including phenoxy) is 1. The van der Waals surface area contributed by atoms with E-state index in [9.17, 15) is 9.59 Å². The molecule has 1 N–H and O–H groups in total. The van der Waals surface area contributed by atoms with Gasteiger partial charge in [-0.15, -0.1) is 11.3 Å². The maximum absolute atomic E-state index is 12.8. The number of amides is 1.